The van der Waals surface area contributed by atoms with Crippen LogP contribution in [-0.2, 0) is 0 Å². The standard InChI is InChI=1S/C11H13NO4/c1-4-16-11-7(2)10(12(14)15)6-5-9(11)8(3)13/h5-6H,4H2,1-3H3. The molecule has 1 aromatic carbocycles. The molecule has 1 rings (SSSR count). The molecule has 0 aromatic heterocycles. The molecule has 0 aliphatic rings. The Balaban J connectivity index is 3.41. The maximum Gasteiger partial charge on any atom is 0.276 e. The SMILES string of the molecule is CCOc1c(C(C)=O)ccc([N+](=O)[O-])c1C. The van der Waals surface area contributed by atoms with Crippen molar-refractivity contribution in [1.29, 1.82) is 0 Å². The van der Waals surface area contributed by atoms with Crippen molar-refractivity contribution in [2.24, 2.45) is 0 Å². The summed E-state index contributed by atoms with van der Waals surface area (Å²) >= 11 is 0. The smallest absolute Gasteiger partial charge is 0.276 e. The van der Waals surface area contributed by atoms with Crippen LogP contribution < -0.4 is 4.74 Å². The summed E-state index contributed by atoms with van der Waals surface area (Å²) in [5.41, 5.74) is 0.734. The maximum atomic E-state index is 11.3. The Bertz CT molecular complexity index is 440. The van der Waals surface area contributed by atoms with E-state index in [2.05, 4.69) is 0 Å². The summed E-state index contributed by atoms with van der Waals surface area (Å²) in [7, 11) is 0. The second kappa shape index (κ2) is 4.74. The average Bonchev–Trinajstić information content (AvgIpc) is 2.20. The molecule has 5 heteroatoms. The number of Topliss-reactive ketones (excluding diaryl/α,β-unsaturated/α-hetero) is 1. The van der Waals surface area contributed by atoms with Gasteiger partial charge in [-0.15, -0.1) is 0 Å². The van der Waals surface area contributed by atoms with Crippen LogP contribution in [0.5, 0.6) is 5.75 Å². The zero-order valence-electron chi connectivity index (χ0n) is 9.44. The maximum absolute atomic E-state index is 11.3. The third-order valence-corrected chi connectivity index (χ3v) is 2.24. The van der Waals surface area contributed by atoms with Crippen LogP contribution in [0.15, 0.2) is 12.1 Å². The monoisotopic (exact) mass is 223 g/mol. The number of ether oxygens (including phenoxy) is 1. The second-order valence-electron chi connectivity index (χ2n) is 3.33. The fourth-order valence-electron chi connectivity index (χ4n) is 1.49. The largest absolute Gasteiger partial charge is 0.493 e. The first-order valence-electron chi connectivity index (χ1n) is 4.90. The minimum Gasteiger partial charge on any atom is -0.493 e. The van der Waals surface area contributed by atoms with Gasteiger partial charge in [0.05, 0.1) is 22.7 Å². The number of rotatable bonds is 4. The number of nitro groups is 1. The topological polar surface area (TPSA) is 69.4 Å². The van der Waals surface area contributed by atoms with Crippen molar-refractivity contribution in [2.75, 3.05) is 6.61 Å². The van der Waals surface area contributed by atoms with E-state index in [0.29, 0.717) is 23.5 Å². The van der Waals surface area contributed by atoms with Gasteiger partial charge in [0, 0.05) is 6.07 Å². The van der Waals surface area contributed by atoms with Crippen LogP contribution in [-0.4, -0.2) is 17.3 Å². The summed E-state index contributed by atoms with van der Waals surface area (Å²) in [4.78, 5) is 21.6. The lowest BCUT2D eigenvalue weighted by Gasteiger charge is -2.11. The number of nitro benzene ring substituents is 1. The predicted octanol–water partition coefficient (Wildman–Crippen LogP) is 2.50. The Hall–Kier alpha value is -1.91. The molecule has 0 unspecified atom stereocenters. The van der Waals surface area contributed by atoms with E-state index in [1.807, 2.05) is 0 Å². The summed E-state index contributed by atoms with van der Waals surface area (Å²) in [6, 6.07) is 2.76. The van der Waals surface area contributed by atoms with Gasteiger partial charge in [0.15, 0.2) is 5.78 Å². The molecule has 0 atom stereocenters. The number of carbonyl (C=O) groups is 1. The van der Waals surface area contributed by atoms with E-state index >= 15 is 0 Å². The summed E-state index contributed by atoms with van der Waals surface area (Å²) in [6.07, 6.45) is 0. The van der Waals surface area contributed by atoms with Gasteiger partial charge in [-0.2, -0.15) is 0 Å². The molecule has 0 spiro atoms. The molecular weight excluding hydrogens is 210 g/mol. The number of carbonyl (C=O) groups excluding carboxylic acids is 1. The van der Waals surface area contributed by atoms with Crippen LogP contribution in [0.25, 0.3) is 0 Å². The number of benzene rings is 1. The zero-order chi connectivity index (χ0) is 12.3. The van der Waals surface area contributed by atoms with E-state index in [1.165, 1.54) is 19.1 Å². The van der Waals surface area contributed by atoms with Gasteiger partial charge >= 0.3 is 0 Å². The molecule has 0 heterocycles. The highest BCUT2D eigenvalue weighted by Crippen LogP contribution is 2.31. The molecular formula is C11H13NO4. The Morgan fingerprint density at radius 3 is 2.56 bits per heavy atom. The molecule has 0 amide bonds. The van der Waals surface area contributed by atoms with Crippen molar-refractivity contribution in [3.63, 3.8) is 0 Å². The Morgan fingerprint density at radius 1 is 1.50 bits per heavy atom. The number of ketones is 1. The van der Waals surface area contributed by atoms with E-state index in [4.69, 9.17) is 4.74 Å². The van der Waals surface area contributed by atoms with E-state index in [0.717, 1.165) is 0 Å². The second-order valence-corrected chi connectivity index (χ2v) is 3.33. The predicted molar refractivity (Wildman–Crippen MR) is 59.0 cm³/mol. The van der Waals surface area contributed by atoms with E-state index < -0.39 is 4.92 Å². The molecule has 86 valence electrons. The van der Waals surface area contributed by atoms with Crippen LogP contribution in [0.2, 0.25) is 0 Å². The highest BCUT2D eigenvalue weighted by Gasteiger charge is 2.20. The van der Waals surface area contributed by atoms with Gasteiger partial charge in [-0.3, -0.25) is 14.9 Å². The molecule has 0 fully saturated rings. The molecule has 16 heavy (non-hydrogen) atoms. The molecule has 0 aliphatic carbocycles. The summed E-state index contributed by atoms with van der Waals surface area (Å²) in [5.74, 6) is 0.144. The zero-order valence-corrected chi connectivity index (χ0v) is 9.44. The molecule has 0 radical (unpaired) electrons. The van der Waals surface area contributed by atoms with Gasteiger partial charge in [-0.1, -0.05) is 0 Å². The number of hydrogen-bond acceptors (Lipinski definition) is 4. The van der Waals surface area contributed by atoms with Gasteiger partial charge in [0.25, 0.3) is 5.69 Å². The van der Waals surface area contributed by atoms with Crippen LogP contribution in [0, 0.1) is 17.0 Å². The van der Waals surface area contributed by atoms with Crippen molar-refractivity contribution in [1.82, 2.24) is 0 Å². The lowest BCUT2D eigenvalue weighted by Crippen LogP contribution is -2.04. The third-order valence-electron chi connectivity index (χ3n) is 2.24. The van der Waals surface area contributed by atoms with Crippen molar-refractivity contribution in [2.45, 2.75) is 20.8 Å². The first kappa shape index (κ1) is 12.2. The Morgan fingerprint density at radius 2 is 2.12 bits per heavy atom. The Labute approximate surface area is 93.2 Å². The molecule has 1 aromatic rings. The van der Waals surface area contributed by atoms with Gasteiger partial charge in [0.2, 0.25) is 0 Å². The van der Waals surface area contributed by atoms with E-state index in [1.54, 1.807) is 13.8 Å². The minimum absolute atomic E-state index is 0.0338. The van der Waals surface area contributed by atoms with Gasteiger partial charge in [0.1, 0.15) is 5.75 Å². The summed E-state index contributed by atoms with van der Waals surface area (Å²) in [6.45, 7) is 5.11. The lowest BCUT2D eigenvalue weighted by atomic mass is 10.0. The molecule has 5 nitrogen and oxygen atoms in total. The van der Waals surface area contributed by atoms with Crippen molar-refractivity contribution < 1.29 is 14.5 Å². The molecule has 0 saturated carbocycles. The van der Waals surface area contributed by atoms with Crippen LogP contribution >= 0.6 is 0 Å². The molecule has 0 saturated heterocycles. The normalized spacial score (nSPS) is 9.94. The summed E-state index contributed by atoms with van der Waals surface area (Å²) < 4.78 is 5.29. The van der Waals surface area contributed by atoms with Gasteiger partial charge in [-0.05, 0) is 26.8 Å². The highest BCUT2D eigenvalue weighted by molar-refractivity contribution is 5.97. The summed E-state index contributed by atoms with van der Waals surface area (Å²) in [5, 5.41) is 10.7. The van der Waals surface area contributed by atoms with E-state index in [9.17, 15) is 14.9 Å². The first-order valence-corrected chi connectivity index (χ1v) is 4.90. The van der Waals surface area contributed by atoms with Gasteiger partial charge in [-0.25, -0.2) is 0 Å². The van der Waals surface area contributed by atoms with Gasteiger partial charge < -0.3 is 4.74 Å². The fraction of sp³-hybridized carbons (Fsp3) is 0.364. The lowest BCUT2D eigenvalue weighted by molar-refractivity contribution is -0.385. The highest BCUT2D eigenvalue weighted by atomic mass is 16.6. The van der Waals surface area contributed by atoms with Crippen LogP contribution in [0.3, 0.4) is 0 Å². The first-order chi connectivity index (χ1) is 7.49. The Kier molecular flexibility index (Phi) is 3.60. The quantitative estimate of drug-likeness (QED) is 0.446. The van der Waals surface area contributed by atoms with Crippen molar-refractivity contribution in [3.8, 4) is 5.75 Å². The fourth-order valence-corrected chi connectivity index (χ4v) is 1.49. The minimum atomic E-state index is -0.484. The van der Waals surface area contributed by atoms with Crippen molar-refractivity contribution in [3.05, 3.63) is 33.4 Å². The average molecular weight is 223 g/mol. The number of nitrogens with zero attached hydrogens (tertiary/aromatic N) is 1. The third kappa shape index (κ3) is 2.18. The van der Waals surface area contributed by atoms with E-state index in [-0.39, 0.29) is 11.5 Å². The van der Waals surface area contributed by atoms with Crippen LogP contribution in [0.1, 0.15) is 29.8 Å². The van der Waals surface area contributed by atoms with Crippen molar-refractivity contribution >= 4 is 11.5 Å². The molecule has 0 bridgehead atoms. The molecule has 0 aliphatic heterocycles. The van der Waals surface area contributed by atoms with Crippen LogP contribution in [0.4, 0.5) is 5.69 Å². The number of hydrogen-bond donors (Lipinski definition) is 0. The molecule has 0 N–H and O–H groups in total.